The molecule has 0 aliphatic carbocycles. The molecule has 1 aromatic carbocycles. The van der Waals surface area contributed by atoms with Crippen LogP contribution in [-0.2, 0) is 4.74 Å². The fourth-order valence-corrected chi connectivity index (χ4v) is 1.41. The van der Waals surface area contributed by atoms with Crippen LogP contribution in [0.2, 0.25) is 0 Å². The molecule has 0 aliphatic heterocycles. The molecule has 0 amide bonds. The summed E-state index contributed by atoms with van der Waals surface area (Å²) in [6.07, 6.45) is 0. The van der Waals surface area contributed by atoms with Crippen LogP contribution in [-0.4, -0.2) is 21.0 Å². The largest absolute Gasteiger partial charge is 0.496 e. The van der Waals surface area contributed by atoms with Crippen LogP contribution in [0.5, 0.6) is 11.5 Å². The molecule has 0 unspecified atom stereocenters. The van der Waals surface area contributed by atoms with Gasteiger partial charge in [-0.05, 0) is 34.7 Å². The van der Waals surface area contributed by atoms with Crippen molar-refractivity contribution in [2.75, 3.05) is 21.0 Å². The molecule has 0 fully saturated rings. The second kappa shape index (κ2) is 5.29. The highest BCUT2D eigenvalue weighted by molar-refractivity contribution is 14.1. The van der Waals surface area contributed by atoms with E-state index in [4.69, 9.17) is 14.2 Å². The first kappa shape index (κ1) is 10.6. The van der Waals surface area contributed by atoms with Crippen molar-refractivity contribution in [2.45, 2.75) is 0 Å². The van der Waals surface area contributed by atoms with E-state index < -0.39 is 0 Å². The summed E-state index contributed by atoms with van der Waals surface area (Å²) in [7, 11) is 3.22. The fraction of sp³-hybridized carbons (Fsp3) is 0.333. The molecule has 3 nitrogen and oxygen atoms in total. The normalized spacial score (nSPS) is 9.77. The first-order valence-corrected chi connectivity index (χ1v) is 4.81. The van der Waals surface area contributed by atoms with Gasteiger partial charge in [-0.15, -0.1) is 0 Å². The molecule has 0 saturated heterocycles. The minimum absolute atomic E-state index is 0.254. The molecule has 72 valence electrons. The molecular formula is C9H11IO3. The van der Waals surface area contributed by atoms with Crippen LogP contribution in [0.3, 0.4) is 0 Å². The van der Waals surface area contributed by atoms with E-state index in [2.05, 4.69) is 22.6 Å². The SMILES string of the molecule is COCOc1ccc(I)c(OC)c1. The average molecular weight is 294 g/mol. The fourth-order valence-electron chi connectivity index (χ4n) is 0.857. The first-order chi connectivity index (χ1) is 6.27. The summed E-state index contributed by atoms with van der Waals surface area (Å²) >= 11 is 2.20. The number of halogens is 1. The molecule has 4 heteroatoms. The van der Waals surface area contributed by atoms with Crippen molar-refractivity contribution in [3.8, 4) is 11.5 Å². The van der Waals surface area contributed by atoms with Crippen LogP contribution in [0.1, 0.15) is 0 Å². The van der Waals surface area contributed by atoms with E-state index in [0.29, 0.717) is 0 Å². The van der Waals surface area contributed by atoms with Crippen LogP contribution in [0, 0.1) is 3.57 Å². The zero-order chi connectivity index (χ0) is 9.68. The van der Waals surface area contributed by atoms with E-state index in [-0.39, 0.29) is 6.79 Å². The number of benzene rings is 1. The van der Waals surface area contributed by atoms with Crippen molar-refractivity contribution in [2.24, 2.45) is 0 Å². The zero-order valence-electron chi connectivity index (χ0n) is 7.54. The highest BCUT2D eigenvalue weighted by Gasteiger charge is 2.01. The Balaban J connectivity index is 2.74. The van der Waals surface area contributed by atoms with Crippen molar-refractivity contribution >= 4 is 22.6 Å². The van der Waals surface area contributed by atoms with Crippen molar-refractivity contribution in [3.63, 3.8) is 0 Å². The lowest BCUT2D eigenvalue weighted by atomic mass is 10.3. The molecule has 0 bridgehead atoms. The average Bonchev–Trinajstić information content (AvgIpc) is 2.16. The van der Waals surface area contributed by atoms with Crippen LogP contribution in [0.15, 0.2) is 18.2 Å². The molecule has 0 aromatic heterocycles. The Morgan fingerprint density at radius 1 is 1.31 bits per heavy atom. The van der Waals surface area contributed by atoms with Gasteiger partial charge in [0, 0.05) is 13.2 Å². The Morgan fingerprint density at radius 3 is 2.69 bits per heavy atom. The minimum Gasteiger partial charge on any atom is -0.496 e. The van der Waals surface area contributed by atoms with E-state index in [9.17, 15) is 0 Å². The van der Waals surface area contributed by atoms with Gasteiger partial charge in [-0.2, -0.15) is 0 Å². The van der Waals surface area contributed by atoms with Gasteiger partial charge in [0.1, 0.15) is 11.5 Å². The van der Waals surface area contributed by atoms with E-state index >= 15 is 0 Å². The van der Waals surface area contributed by atoms with Crippen LogP contribution < -0.4 is 9.47 Å². The number of hydrogen-bond donors (Lipinski definition) is 0. The highest BCUT2D eigenvalue weighted by Crippen LogP contribution is 2.25. The monoisotopic (exact) mass is 294 g/mol. The van der Waals surface area contributed by atoms with Crippen molar-refractivity contribution < 1.29 is 14.2 Å². The number of ether oxygens (including phenoxy) is 3. The summed E-state index contributed by atoms with van der Waals surface area (Å²) in [5.41, 5.74) is 0. The van der Waals surface area contributed by atoms with Crippen LogP contribution >= 0.6 is 22.6 Å². The lowest BCUT2D eigenvalue weighted by Gasteiger charge is -2.07. The highest BCUT2D eigenvalue weighted by atomic mass is 127. The molecular weight excluding hydrogens is 283 g/mol. The Kier molecular flexibility index (Phi) is 4.31. The summed E-state index contributed by atoms with van der Waals surface area (Å²) in [4.78, 5) is 0. The lowest BCUT2D eigenvalue weighted by molar-refractivity contribution is 0.0510. The Hall–Kier alpha value is -0.490. The maximum Gasteiger partial charge on any atom is 0.188 e. The standard InChI is InChI=1S/C9H11IO3/c1-11-6-13-7-3-4-8(10)9(5-7)12-2/h3-5H,6H2,1-2H3. The van der Waals surface area contributed by atoms with E-state index in [1.54, 1.807) is 14.2 Å². The molecule has 0 N–H and O–H groups in total. The van der Waals surface area contributed by atoms with Crippen molar-refractivity contribution in [1.29, 1.82) is 0 Å². The van der Waals surface area contributed by atoms with Gasteiger partial charge >= 0.3 is 0 Å². The molecule has 0 radical (unpaired) electrons. The van der Waals surface area contributed by atoms with Gasteiger partial charge in [0.05, 0.1) is 10.7 Å². The van der Waals surface area contributed by atoms with Gasteiger partial charge in [-0.1, -0.05) is 0 Å². The maximum atomic E-state index is 5.25. The Labute approximate surface area is 91.1 Å². The van der Waals surface area contributed by atoms with Gasteiger partial charge in [0.15, 0.2) is 6.79 Å². The number of rotatable bonds is 4. The quantitative estimate of drug-likeness (QED) is 0.630. The first-order valence-electron chi connectivity index (χ1n) is 3.73. The number of hydrogen-bond acceptors (Lipinski definition) is 3. The second-order valence-corrected chi connectivity index (χ2v) is 3.51. The summed E-state index contributed by atoms with van der Waals surface area (Å²) in [6.45, 7) is 0.254. The summed E-state index contributed by atoms with van der Waals surface area (Å²) in [5, 5.41) is 0. The van der Waals surface area contributed by atoms with Gasteiger partial charge < -0.3 is 14.2 Å². The second-order valence-electron chi connectivity index (χ2n) is 2.35. The Bertz CT molecular complexity index is 276. The van der Waals surface area contributed by atoms with Gasteiger partial charge in [0.2, 0.25) is 0 Å². The zero-order valence-corrected chi connectivity index (χ0v) is 9.70. The predicted octanol–water partition coefficient (Wildman–Crippen LogP) is 2.28. The smallest absolute Gasteiger partial charge is 0.188 e. The third-order valence-electron chi connectivity index (χ3n) is 1.47. The van der Waals surface area contributed by atoms with Gasteiger partial charge in [0.25, 0.3) is 0 Å². The van der Waals surface area contributed by atoms with Crippen LogP contribution in [0.25, 0.3) is 0 Å². The maximum absolute atomic E-state index is 5.25. The molecule has 13 heavy (non-hydrogen) atoms. The van der Waals surface area contributed by atoms with Crippen molar-refractivity contribution in [1.82, 2.24) is 0 Å². The molecule has 0 spiro atoms. The van der Waals surface area contributed by atoms with E-state index in [0.717, 1.165) is 15.1 Å². The molecule has 0 atom stereocenters. The molecule has 1 aromatic rings. The Morgan fingerprint density at radius 2 is 2.08 bits per heavy atom. The molecule has 0 heterocycles. The van der Waals surface area contributed by atoms with E-state index in [1.165, 1.54) is 0 Å². The van der Waals surface area contributed by atoms with Crippen LogP contribution in [0.4, 0.5) is 0 Å². The number of methoxy groups -OCH3 is 2. The topological polar surface area (TPSA) is 27.7 Å². The van der Waals surface area contributed by atoms with Crippen molar-refractivity contribution in [3.05, 3.63) is 21.8 Å². The third-order valence-corrected chi connectivity index (χ3v) is 2.36. The van der Waals surface area contributed by atoms with Gasteiger partial charge in [-0.25, -0.2) is 0 Å². The lowest BCUT2D eigenvalue weighted by Crippen LogP contribution is -1.99. The van der Waals surface area contributed by atoms with E-state index in [1.807, 2.05) is 18.2 Å². The summed E-state index contributed by atoms with van der Waals surface area (Å²) in [6, 6.07) is 5.65. The van der Waals surface area contributed by atoms with Gasteiger partial charge in [-0.3, -0.25) is 0 Å². The summed E-state index contributed by atoms with van der Waals surface area (Å²) in [5.74, 6) is 1.56. The molecule has 1 rings (SSSR count). The molecule has 0 aliphatic rings. The third kappa shape index (κ3) is 3.04. The predicted molar refractivity (Wildman–Crippen MR) is 58.2 cm³/mol. The summed E-state index contributed by atoms with van der Waals surface area (Å²) < 4.78 is 16.2. The molecule has 0 saturated carbocycles. The minimum atomic E-state index is 0.254.